The molecule has 0 aliphatic carbocycles. The Labute approximate surface area is 204 Å². The summed E-state index contributed by atoms with van der Waals surface area (Å²) >= 11 is 0. The summed E-state index contributed by atoms with van der Waals surface area (Å²) in [6.45, 7) is 6.48. The molecule has 7 nitrogen and oxygen atoms in total. The maximum Gasteiger partial charge on any atom is 0.328 e. The quantitative estimate of drug-likeness (QED) is 0.521. The first-order chi connectivity index (χ1) is 16.7. The predicted molar refractivity (Wildman–Crippen MR) is 133 cm³/mol. The number of hydrogen-bond donors (Lipinski definition) is 2. The Bertz CT molecular complexity index is 1270. The Balaban J connectivity index is 0.000000314. The monoisotopic (exact) mass is 474 g/mol. The molecule has 2 aliphatic heterocycles. The van der Waals surface area contributed by atoms with Crippen molar-refractivity contribution in [1.82, 2.24) is 9.47 Å². The van der Waals surface area contributed by atoms with Crippen molar-refractivity contribution >= 4 is 28.7 Å². The highest BCUT2D eigenvalue weighted by atomic mass is 16.4. The van der Waals surface area contributed by atoms with Gasteiger partial charge in [-0.05, 0) is 35.4 Å². The molecule has 7 heteroatoms. The van der Waals surface area contributed by atoms with E-state index in [1.165, 1.54) is 22.2 Å². The fourth-order valence-electron chi connectivity index (χ4n) is 5.25. The molecule has 0 spiro atoms. The summed E-state index contributed by atoms with van der Waals surface area (Å²) in [6, 6.07) is 19.5. The highest BCUT2D eigenvalue weighted by Crippen LogP contribution is 2.46. The van der Waals surface area contributed by atoms with Gasteiger partial charge in [0.1, 0.15) is 0 Å². The summed E-state index contributed by atoms with van der Waals surface area (Å²) in [7, 11) is 0. The van der Waals surface area contributed by atoms with Gasteiger partial charge in [0, 0.05) is 42.7 Å². The third-order valence-electron chi connectivity index (χ3n) is 6.65. The number of hydrogen-bond acceptors (Lipinski definition) is 4. The second kappa shape index (κ2) is 9.88. The van der Waals surface area contributed by atoms with E-state index in [1.54, 1.807) is 0 Å². The van der Waals surface area contributed by atoms with Crippen LogP contribution in [0, 0.1) is 5.41 Å². The molecule has 2 aliphatic rings. The van der Waals surface area contributed by atoms with Crippen molar-refractivity contribution in [2.24, 2.45) is 5.41 Å². The van der Waals surface area contributed by atoms with Gasteiger partial charge < -0.3 is 10.2 Å². The van der Waals surface area contributed by atoms with Gasteiger partial charge in [-0.15, -0.1) is 0 Å². The van der Waals surface area contributed by atoms with E-state index in [0.29, 0.717) is 24.6 Å². The standard InChI is InChI=1S/C24H26N2O.C4H4O4/c1-24(2)14-21-23-19(12-13-25(21)16-17-8-4-3-5-9-17)18-10-6-7-11-20(18)26(23)22(27)15-24;5-3(6)1-2-4(7)8/h3-11,21H,12-16H2,1-2H3;1-2H,(H,5,6)(H,7,8). The second-order valence-electron chi connectivity index (χ2n) is 9.89. The topological polar surface area (TPSA) is 99.8 Å². The van der Waals surface area contributed by atoms with Crippen LogP contribution in [0.2, 0.25) is 0 Å². The molecule has 0 saturated carbocycles. The van der Waals surface area contributed by atoms with Crippen LogP contribution < -0.4 is 0 Å². The lowest BCUT2D eigenvalue weighted by atomic mass is 9.80. The molecule has 0 saturated heterocycles. The van der Waals surface area contributed by atoms with Crippen molar-refractivity contribution in [2.75, 3.05) is 6.54 Å². The minimum absolute atomic E-state index is 0.00538. The van der Waals surface area contributed by atoms with Gasteiger partial charge in [0.05, 0.1) is 11.6 Å². The van der Waals surface area contributed by atoms with Crippen LogP contribution in [0.25, 0.3) is 10.9 Å². The molecule has 0 bridgehead atoms. The zero-order valence-corrected chi connectivity index (χ0v) is 20.0. The minimum Gasteiger partial charge on any atom is -0.478 e. The molecule has 1 unspecified atom stereocenters. The van der Waals surface area contributed by atoms with Gasteiger partial charge in [-0.1, -0.05) is 62.4 Å². The molecule has 2 N–H and O–H groups in total. The van der Waals surface area contributed by atoms with Gasteiger partial charge in [-0.3, -0.25) is 14.3 Å². The number of fused-ring (bicyclic) bond motifs is 3. The largest absolute Gasteiger partial charge is 0.478 e. The van der Waals surface area contributed by atoms with Gasteiger partial charge in [0.2, 0.25) is 5.91 Å². The Morgan fingerprint density at radius 3 is 2.29 bits per heavy atom. The van der Waals surface area contributed by atoms with Crippen LogP contribution >= 0.6 is 0 Å². The average molecular weight is 475 g/mol. The molecule has 0 amide bonds. The Hall–Kier alpha value is -3.71. The number of nitrogens with zero attached hydrogens (tertiary/aromatic N) is 2. The number of aromatic nitrogens is 1. The average Bonchev–Trinajstić information content (AvgIpc) is 3.09. The normalized spacial score (nSPS) is 19.0. The molecule has 3 aromatic rings. The fourth-order valence-corrected chi connectivity index (χ4v) is 5.25. The van der Waals surface area contributed by atoms with E-state index in [2.05, 4.69) is 77.9 Å². The minimum atomic E-state index is -1.26. The van der Waals surface area contributed by atoms with Crippen molar-refractivity contribution < 1.29 is 24.6 Å². The van der Waals surface area contributed by atoms with Crippen molar-refractivity contribution in [3.63, 3.8) is 0 Å². The van der Waals surface area contributed by atoms with Crippen LogP contribution in [-0.4, -0.2) is 44.1 Å². The third kappa shape index (κ3) is 5.35. The van der Waals surface area contributed by atoms with Crippen molar-refractivity contribution in [3.8, 4) is 0 Å². The lowest BCUT2D eigenvalue weighted by molar-refractivity contribution is -0.134. The number of carbonyl (C=O) groups excluding carboxylic acids is 1. The summed E-state index contributed by atoms with van der Waals surface area (Å²) in [6.07, 6.45) is 3.76. The van der Waals surface area contributed by atoms with E-state index in [9.17, 15) is 14.4 Å². The number of aliphatic carboxylic acids is 2. The molecule has 5 rings (SSSR count). The van der Waals surface area contributed by atoms with Crippen LogP contribution in [-0.2, 0) is 22.6 Å². The summed E-state index contributed by atoms with van der Waals surface area (Å²) in [5.41, 5.74) is 5.10. The molecule has 35 heavy (non-hydrogen) atoms. The molecule has 2 aromatic carbocycles. The molecule has 0 radical (unpaired) electrons. The lowest BCUT2D eigenvalue weighted by Crippen LogP contribution is -2.37. The van der Waals surface area contributed by atoms with E-state index in [0.717, 1.165) is 31.4 Å². The van der Waals surface area contributed by atoms with E-state index in [1.807, 2.05) is 0 Å². The third-order valence-corrected chi connectivity index (χ3v) is 6.65. The maximum absolute atomic E-state index is 13.2. The first kappa shape index (κ1) is 24.4. The fraction of sp³-hybridized carbons (Fsp3) is 0.321. The van der Waals surface area contributed by atoms with Crippen LogP contribution in [0.15, 0.2) is 66.7 Å². The number of carbonyl (C=O) groups is 3. The number of benzene rings is 2. The van der Waals surface area contributed by atoms with Crippen LogP contribution in [0.3, 0.4) is 0 Å². The zero-order valence-electron chi connectivity index (χ0n) is 20.0. The van der Waals surface area contributed by atoms with Crippen molar-refractivity contribution in [2.45, 2.75) is 45.7 Å². The van der Waals surface area contributed by atoms with E-state index >= 15 is 0 Å². The van der Waals surface area contributed by atoms with Gasteiger partial charge in [0.15, 0.2) is 0 Å². The molecular formula is C28H30N2O5. The number of carboxylic acids is 2. The van der Waals surface area contributed by atoms with Crippen LogP contribution in [0.1, 0.15) is 54.3 Å². The number of para-hydroxylation sites is 1. The zero-order chi connectivity index (χ0) is 25.2. The van der Waals surface area contributed by atoms with Crippen molar-refractivity contribution in [1.29, 1.82) is 0 Å². The first-order valence-electron chi connectivity index (χ1n) is 11.7. The number of carboxylic acid groups (broad SMARTS) is 2. The second-order valence-corrected chi connectivity index (χ2v) is 9.89. The predicted octanol–water partition coefficient (Wildman–Crippen LogP) is 4.91. The lowest BCUT2D eigenvalue weighted by Gasteiger charge is -2.38. The Kier molecular flexibility index (Phi) is 6.89. The molecule has 1 atom stereocenters. The summed E-state index contributed by atoms with van der Waals surface area (Å²) in [4.78, 5) is 34.9. The maximum atomic E-state index is 13.2. The van der Waals surface area contributed by atoms with E-state index < -0.39 is 11.9 Å². The van der Waals surface area contributed by atoms with Gasteiger partial charge in [-0.25, -0.2) is 9.59 Å². The van der Waals surface area contributed by atoms with Gasteiger partial charge in [-0.2, -0.15) is 0 Å². The summed E-state index contributed by atoms with van der Waals surface area (Å²) in [5, 5.41) is 16.9. The van der Waals surface area contributed by atoms with E-state index in [-0.39, 0.29) is 11.3 Å². The smallest absolute Gasteiger partial charge is 0.328 e. The highest BCUT2D eigenvalue weighted by molar-refractivity contribution is 5.97. The SMILES string of the molecule is CC1(C)CC(=O)n2c3c(c4ccccc42)CCN(Cc2ccccc2)C3C1.O=C(O)C=CC(=O)O. The molecule has 3 heterocycles. The highest BCUT2D eigenvalue weighted by Gasteiger charge is 2.41. The Morgan fingerprint density at radius 2 is 1.63 bits per heavy atom. The Morgan fingerprint density at radius 1 is 1.00 bits per heavy atom. The van der Waals surface area contributed by atoms with Crippen LogP contribution in [0.4, 0.5) is 0 Å². The number of rotatable bonds is 4. The van der Waals surface area contributed by atoms with Gasteiger partial charge >= 0.3 is 11.9 Å². The molecular weight excluding hydrogens is 444 g/mol. The molecule has 182 valence electrons. The van der Waals surface area contributed by atoms with Crippen molar-refractivity contribution in [3.05, 3.63) is 83.6 Å². The summed E-state index contributed by atoms with van der Waals surface area (Å²) < 4.78 is 2.06. The van der Waals surface area contributed by atoms with E-state index in [4.69, 9.17) is 10.2 Å². The summed E-state index contributed by atoms with van der Waals surface area (Å²) in [5.74, 6) is -2.26. The van der Waals surface area contributed by atoms with Crippen LogP contribution in [0.5, 0.6) is 0 Å². The first-order valence-corrected chi connectivity index (χ1v) is 11.7. The molecule has 0 fully saturated rings. The van der Waals surface area contributed by atoms with Gasteiger partial charge in [0.25, 0.3) is 0 Å². The molecule has 1 aromatic heterocycles.